The average molecular weight is 597 g/mol. The molecular weight excluding hydrogens is 574 g/mol. The van der Waals surface area contributed by atoms with Crippen molar-refractivity contribution in [3.63, 3.8) is 0 Å². The Morgan fingerprint density at radius 3 is 1.91 bits per heavy atom. The summed E-state index contributed by atoms with van der Waals surface area (Å²) >= 11 is 6.97. The molecule has 0 N–H and O–H groups in total. The maximum absolute atomic E-state index is 14.6. The quantitative estimate of drug-likeness (QED) is 0.330. The van der Waals surface area contributed by atoms with Gasteiger partial charge in [0, 0.05) is 33.6 Å². The van der Waals surface area contributed by atoms with Gasteiger partial charge in [-0.25, -0.2) is 9.69 Å². The first-order valence-corrected chi connectivity index (χ1v) is 13.1. The maximum atomic E-state index is 14.6. The van der Waals surface area contributed by atoms with Gasteiger partial charge >= 0.3 is 6.09 Å². The molecular formula is C28H23Br2NO4. The Labute approximate surface area is 220 Å². The smallest absolute Gasteiger partial charge is 0.421 e. The fraction of sp³-hybridized carbons (Fsp3) is 0.250. The topological polar surface area (TPSA) is 63.7 Å². The lowest BCUT2D eigenvalue weighted by atomic mass is 9.54. The van der Waals surface area contributed by atoms with Crippen LogP contribution in [-0.2, 0) is 19.7 Å². The molecule has 2 atom stereocenters. The predicted molar refractivity (Wildman–Crippen MR) is 141 cm³/mol. The zero-order valence-electron chi connectivity index (χ0n) is 19.0. The van der Waals surface area contributed by atoms with E-state index in [4.69, 9.17) is 4.74 Å². The number of rotatable bonds is 3. The van der Waals surface area contributed by atoms with Gasteiger partial charge in [-0.2, -0.15) is 0 Å². The van der Waals surface area contributed by atoms with Gasteiger partial charge in [-0.1, -0.05) is 74.3 Å². The normalized spacial score (nSPS) is 20.7. The summed E-state index contributed by atoms with van der Waals surface area (Å²) in [6.45, 7) is 1.87. The summed E-state index contributed by atoms with van der Waals surface area (Å²) in [6.07, 6.45) is -0.264. The molecule has 2 aliphatic rings. The van der Waals surface area contributed by atoms with E-state index in [1.807, 2.05) is 66.7 Å². The molecule has 35 heavy (non-hydrogen) atoms. The van der Waals surface area contributed by atoms with Crippen molar-refractivity contribution in [2.75, 3.05) is 11.5 Å². The van der Waals surface area contributed by atoms with Crippen molar-refractivity contribution in [1.82, 2.24) is 0 Å². The second-order valence-corrected chi connectivity index (χ2v) is 10.7. The third kappa shape index (κ3) is 3.85. The van der Waals surface area contributed by atoms with E-state index in [0.29, 0.717) is 5.69 Å². The molecule has 1 fully saturated rings. The SMILES string of the molecule is CCOC(=O)N1C(=O)C2(c3ccccc31)[C@H](c1ccc(Br)cc1)CC(=O)C[C@H]2c1ccc(Br)cc1. The average Bonchev–Trinajstić information content (AvgIpc) is 3.10. The van der Waals surface area contributed by atoms with Crippen LogP contribution >= 0.6 is 31.9 Å². The zero-order valence-corrected chi connectivity index (χ0v) is 22.2. The molecule has 1 aliphatic carbocycles. The van der Waals surface area contributed by atoms with Crippen molar-refractivity contribution >= 4 is 55.3 Å². The molecule has 1 spiro atoms. The minimum Gasteiger partial charge on any atom is -0.449 e. The van der Waals surface area contributed by atoms with E-state index in [1.165, 1.54) is 4.90 Å². The zero-order chi connectivity index (χ0) is 24.7. The van der Waals surface area contributed by atoms with Crippen LogP contribution in [0.15, 0.2) is 81.7 Å². The number of amides is 2. The minimum atomic E-state index is -1.14. The Hall–Kier alpha value is -2.77. The van der Waals surface area contributed by atoms with Crippen molar-refractivity contribution in [3.05, 3.63) is 98.4 Å². The summed E-state index contributed by atoms with van der Waals surface area (Å²) in [4.78, 5) is 42.0. The number of ether oxygens (including phenoxy) is 1. The highest BCUT2D eigenvalue weighted by Gasteiger charge is 2.64. The molecule has 5 rings (SSSR count). The number of carbonyl (C=O) groups excluding carboxylic acids is 3. The molecule has 5 nitrogen and oxygen atoms in total. The first-order chi connectivity index (χ1) is 16.9. The van der Waals surface area contributed by atoms with Gasteiger partial charge in [0.05, 0.1) is 17.7 Å². The first-order valence-electron chi connectivity index (χ1n) is 11.5. The number of anilines is 1. The lowest BCUT2D eigenvalue weighted by Crippen LogP contribution is -2.53. The number of nitrogens with zero attached hydrogens (tertiary/aromatic N) is 1. The Morgan fingerprint density at radius 2 is 1.40 bits per heavy atom. The molecule has 3 aromatic carbocycles. The van der Waals surface area contributed by atoms with Crippen LogP contribution in [0.4, 0.5) is 10.5 Å². The van der Waals surface area contributed by atoms with Crippen molar-refractivity contribution in [2.45, 2.75) is 37.0 Å². The Morgan fingerprint density at radius 1 is 0.886 bits per heavy atom. The monoisotopic (exact) mass is 595 g/mol. The van der Waals surface area contributed by atoms with E-state index in [1.54, 1.807) is 13.0 Å². The number of hydrogen-bond acceptors (Lipinski definition) is 4. The number of ketones is 1. The standard InChI is InChI=1S/C28H23Br2NO4/c1-2-35-27(34)31-25-6-4-3-5-22(25)28(26(31)33)23(17-7-11-19(29)12-8-17)15-21(32)16-24(28)18-9-13-20(30)14-10-18/h3-14,23-24H,2,15-16H2,1H3/t23-,24-/m0/s1. The number of hydrogen-bond donors (Lipinski definition) is 0. The molecule has 0 bridgehead atoms. The molecule has 1 heterocycles. The van der Waals surface area contributed by atoms with Gasteiger partial charge < -0.3 is 4.74 Å². The molecule has 1 saturated carbocycles. The van der Waals surface area contributed by atoms with Gasteiger partial charge in [-0.05, 0) is 53.9 Å². The van der Waals surface area contributed by atoms with E-state index < -0.39 is 23.3 Å². The Balaban J connectivity index is 1.80. The fourth-order valence-corrected chi connectivity index (χ4v) is 6.25. The van der Waals surface area contributed by atoms with Crippen molar-refractivity contribution in [1.29, 1.82) is 0 Å². The van der Waals surface area contributed by atoms with E-state index in [-0.39, 0.29) is 31.1 Å². The van der Waals surface area contributed by atoms with Crippen molar-refractivity contribution < 1.29 is 19.1 Å². The highest BCUT2D eigenvalue weighted by molar-refractivity contribution is 9.10. The number of carbonyl (C=O) groups is 3. The van der Waals surface area contributed by atoms with E-state index >= 15 is 0 Å². The van der Waals surface area contributed by atoms with Gasteiger partial charge in [-0.3, -0.25) is 9.59 Å². The molecule has 0 radical (unpaired) electrons. The van der Waals surface area contributed by atoms with Gasteiger partial charge in [0.25, 0.3) is 0 Å². The van der Waals surface area contributed by atoms with Crippen molar-refractivity contribution in [2.24, 2.45) is 0 Å². The molecule has 1 aliphatic heterocycles. The second kappa shape index (κ2) is 9.36. The van der Waals surface area contributed by atoms with Crippen LogP contribution < -0.4 is 4.90 Å². The van der Waals surface area contributed by atoms with Crippen LogP contribution in [0.1, 0.15) is 48.3 Å². The molecule has 2 amide bonds. The summed E-state index contributed by atoms with van der Waals surface area (Å²) in [7, 11) is 0. The second-order valence-electron chi connectivity index (χ2n) is 8.88. The van der Waals surface area contributed by atoms with Gasteiger partial charge in [0.15, 0.2) is 0 Å². The van der Waals surface area contributed by atoms with Crippen LogP contribution in [0.3, 0.4) is 0 Å². The Kier molecular flexibility index (Phi) is 6.40. The predicted octanol–water partition coefficient (Wildman–Crippen LogP) is 6.88. The first kappa shape index (κ1) is 23.9. The summed E-state index contributed by atoms with van der Waals surface area (Å²) in [5.74, 6) is -1.14. The van der Waals surface area contributed by atoms with Gasteiger partial charge in [-0.15, -0.1) is 0 Å². The molecule has 7 heteroatoms. The number of halogens is 2. The molecule has 0 aromatic heterocycles. The maximum Gasteiger partial charge on any atom is 0.421 e. The Bertz CT molecular complexity index is 1250. The van der Waals surface area contributed by atoms with E-state index in [0.717, 1.165) is 25.6 Å². The summed E-state index contributed by atoms with van der Waals surface area (Å²) < 4.78 is 7.13. The molecule has 0 unspecified atom stereocenters. The van der Waals surface area contributed by atoms with Crippen molar-refractivity contribution in [3.8, 4) is 0 Å². The van der Waals surface area contributed by atoms with E-state index in [9.17, 15) is 14.4 Å². The summed E-state index contributed by atoms with van der Waals surface area (Å²) in [6, 6.07) is 22.9. The third-order valence-electron chi connectivity index (χ3n) is 7.11. The minimum absolute atomic E-state index is 0.0938. The number of fused-ring (bicyclic) bond motifs is 2. The highest BCUT2D eigenvalue weighted by Crippen LogP contribution is 2.61. The van der Waals surface area contributed by atoms with E-state index in [2.05, 4.69) is 31.9 Å². The molecule has 178 valence electrons. The van der Waals surface area contributed by atoms with Crippen LogP contribution in [0, 0.1) is 0 Å². The lowest BCUT2D eigenvalue weighted by molar-refractivity contribution is -0.130. The number of Topliss-reactive ketones (excluding diaryl/α,β-unsaturated/α-hetero) is 1. The highest BCUT2D eigenvalue weighted by atomic mass is 79.9. The van der Waals surface area contributed by atoms with Gasteiger partial charge in [0.1, 0.15) is 5.78 Å². The number of imide groups is 1. The van der Waals surface area contributed by atoms with Crippen LogP contribution in [0.2, 0.25) is 0 Å². The summed E-state index contributed by atoms with van der Waals surface area (Å²) in [5.41, 5.74) is 1.91. The van der Waals surface area contributed by atoms with Gasteiger partial charge in [0.2, 0.25) is 5.91 Å². The molecule has 3 aromatic rings. The van der Waals surface area contributed by atoms with Crippen LogP contribution in [-0.4, -0.2) is 24.4 Å². The van der Waals surface area contributed by atoms with Crippen LogP contribution in [0.25, 0.3) is 0 Å². The van der Waals surface area contributed by atoms with Crippen LogP contribution in [0.5, 0.6) is 0 Å². The lowest BCUT2D eigenvalue weighted by Gasteiger charge is -2.46. The molecule has 0 saturated heterocycles. The third-order valence-corrected chi connectivity index (χ3v) is 8.16. The number of benzene rings is 3. The largest absolute Gasteiger partial charge is 0.449 e. The summed E-state index contributed by atoms with van der Waals surface area (Å²) in [5, 5.41) is 0. The number of para-hydroxylation sites is 1. The fourth-order valence-electron chi connectivity index (χ4n) is 5.73.